The highest BCUT2D eigenvalue weighted by Gasteiger charge is 2.30. The normalized spacial score (nSPS) is 19.0. The molecule has 1 saturated heterocycles. The van der Waals surface area contributed by atoms with Crippen LogP contribution in [0.25, 0.3) is 0 Å². The lowest BCUT2D eigenvalue weighted by Gasteiger charge is -2.39. The van der Waals surface area contributed by atoms with Crippen molar-refractivity contribution in [3.05, 3.63) is 45.2 Å². The number of nitrogen functional groups attached to an aromatic ring is 1. The van der Waals surface area contributed by atoms with Crippen LogP contribution in [0.4, 0.5) is 9.52 Å². The number of likely N-dealkylation sites (tertiary alicyclic amines) is 1. The zero-order chi connectivity index (χ0) is 22.0. The summed E-state index contributed by atoms with van der Waals surface area (Å²) in [5.74, 6) is 0.0254. The van der Waals surface area contributed by atoms with Crippen LogP contribution in [0.1, 0.15) is 53.5 Å². The van der Waals surface area contributed by atoms with Gasteiger partial charge in [0.2, 0.25) is 0 Å². The van der Waals surface area contributed by atoms with E-state index in [1.165, 1.54) is 28.8 Å². The largest absolute Gasteiger partial charge is 0.375 e. The highest BCUT2D eigenvalue weighted by molar-refractivity contribution is 7.15. The first kappa shape index (κ1) is 25.2. The molecule has 1 aromatic carbocycles. The monoisotopic (exact) mass is 500 g/mol. The van der Waals surface area contributed by atoms with Crippen LogP contribution < -0.4 is 5.73 Å². The van der Waals surface area contributed by atoms with E-state index in [2.05, 4.69) is 16.8 Å². The van der Waals surface area contributed by atoms with Gasteiger partial charge in [-0.25, -0.2) is 9.37 Å². The number of nitrogens with two attached hydrogens (primary N) is 1. The summed E-state index contributed by atoms with van der Waals surface area (Å²) in [6, 6.07) is 4.75. The summed E-state index contributed by atoms with van der Waals surface area (Å²) in [4.78, 5) is 23.1. The van der Waals surface area contributed by atoms with Crippen molar-refractivity contribution in [3.63, 3.8) is 0 Å². The molecule has 2 N–H and O–H groups in total. The second-order valence-electron chi connectivity index (χ2n) is 8.68. The van der Waals surface area contributed by atoms with Crippen molar-refractivity contribution in [1.82, 2.24) is 14.8 Å². The van der Waals surface area contributed by atoms with Crippen LogP contribution in [0.2, 0.25) is 5.02 Å². The molecule has 1 aliphatic carbocycles. The summed E-state index contributed by atoms with van der Waals surface area (Å²) in [5.41, 5.74) is 7.57. The first-order valence-corrected chi connectivity index (χ1v) is 12.4. The van der Waals surface area contributed by atoms with E-state index < -0.39 is 5.82 Å². The van der Waals surface area contributed by atoms with Gasteiger partial charge in [-0.15, -0.1) is 23.7 Å². The van der Waals surface area contributed by atoms with Crippen molar-refractivity contribution in [2.24, 2.45) is 5.92 Å². The van der Waals surface area contributed by atoms with Gasteiger partial charge in [-0.2, -0.15) is 0 Å². The van der Waals surface area contributed by atoms with E-state index in [-0.39, 0.29) is 23.3 Å². The number of halogens is 3. The number of carbonyl (C=O) groups excluding carboxylic acids is 1. The average molecular weight is 501 g/mol. The topological polar surface area (TPSA) is 62.5 Å². The standard InChI is InChI=1S/C23H30ClFN4OS.ClH/c1-2-9-29(17-4-6-20-21(13-17)31-23(26)27-20)14-15-7-10-28(11-8-15)22(30)16-3-5-19(25)18(24)12-16;/h3,5,12,15,17H,2,4,6-11,13-14H2,1H3,(H2,26,27);1H/t17-;/m0./s1. The Bertz CT molecular complexity index is 933. The number of fused-ring (bicyclic) bond motifs is 1. The maximum absolute atomic E-state index is 13.4. The number of anilines is 1. The minimum Gasteiger partial charge on any atom is -0.375 e. The maximum Gasteiger partial charge on any atom is 0.253 e. The van der Waals surface area contributed by atoms with Gasteiger partial charge in [0.1, 0.15) is 5.82 Å². The van der Waals surface area contributed by atoms with E-state index in [0.29, 0.717) is 22.7 Å². The number of carbonyl (C=O) groups is 1. The third-order valence-electron chi connectivity index (χ3n) is 6.52. The Morgan fingerprint density at radius 3 is 2.78 bits per heavy atom. The van der Waals surface area contributed by atoms with Crippen molar-refractivity contribution >= 4 is 46.4 Å². The van der Waals surface area contributed by atoms with Gasteiger partial charge in [-0.3, -0.25) is 9.69 Å². The molecule has 1 aromatic heterocycles. The smallest absolute Gasteiger partial charge is 0.253 e. The van der Waals surface area contributed by atoms with Crippen LogP contribution in [-0.2, 0) is 12.8 Å². The van der Waals surface area contributed by atoms with E-state index in [1.807, 2.05) is 4.90 Å². The lowest BCUT2D eigenvalue weighted by Crippen LogP contribution is -2.45. The highest BCUT2D eigenvalue weighted by Crippen LogP contribution is 2.31. The average Bonchev–Trinajstić information content (AvgIpc) is 3.14. The maximum atomic E-state index is 13.4. The number of aryl methyl sites for hydroxylation is 1. The van der Waals surface area contributed by atoms with Gasteiger partial charge in [-0.1, -0.05) is 18.5 Å². The second-order valence-corrected chi connectivity index (χ2v) is 10.2. The fourth-order valence-electron chi connectivity index (χ4n) is 4.86. The van der Waals surface area contributed by atoms with E-state index >= 15 is 0 Å². The van der Waals surface area contributed by atoms with Crippen molar-refractivity contribution in [3.8, 4) is 0 Å². The molecule has 0 unspecified atom stereocenters. The molecule has 2 heterocycles. The minimum atomic E-state index is -0.496. The molecule has 0 bridgehead atoms. The van der Waals surface area contributed by atoms with Crippen LogP contribution in [0, 0.1) is 11.7 Å². The second kappa shape index (κ2) is 11.1. The highest BCUT2D eigenvalue weighted by atomic mass is 35.5. The van der Waals surface area contributed by atoms with Gasteiger partial charge in [0, 0.05) is 36.1 Å². The Labute approximate surface area is 204 Å². The molecule has 1 amide bonds. The SMILES string of the molecule is CCCN(CC1CCN(C(=O)c2ccc(F)c(Cl)c2)CC1)[C@H]1CCc2nc(N)sc2C1.Cl. The first-order valence-electron chi connectivity index (χ1n) is 11.2. The van der Waals surface area contributed by atoms with Crippen LogP contribution in [0.5, 0.6) is 0 Å². The molecule has 0 radical (unpaired) electrons. The molecular weight excluding hydrogens is 470 g/mol. The van der Waals surface area contributed by atoms with Crippen LogP contribution in [0.3, 0.4) is 0 Å². The Morgan fingerprint density at radius 1 is 1.34 bits per heavy atom. The summed E-state index contributed by atoms with van der Waals surface area (Å²) < 4.78 is 13.4. The summed E-state index contributed by atoms with van der Waals surface area (Å²) in [7, 11) is 0. The molecule has 1 fully saturated rings. The van der Waals surface area contributed by atoms with Gasteiger partial charge >= 0.3 is 0 Å². The fraction of sp³-hybridized carbons (Fsp3) is 0.565. The van der Waals surface area contributed by atoms with Crippen molar-refractivity contribution in [2.45, 2.75) is 51.5 Å². The first-order chi connectivity index (χ1) is 14.9. The Morgan fingerprint density at radius 2 is 2.09 bits per heavy atom. The number of nitrogens with zero attached hydrogens (tertiary/aromatic N) is 3. The quantitative estimate of drug-likeness (QED) is 0.601. The van der Waals surface area contributed by atoms with Gasteiger partial charge in [0.25, 0.3) is 5.91 Å². The lowest BCUT2D eigenvalue weighted by molar-refractivity contribution is 0.0642. The van der Waals surface area contributed by atoms with Crippen molar-refractivity contribution < 1.29 is 9.18 Å². The number of amides is 1. The predicted molar refractivity (Wildman–Crippen MR) is 131 cm³/mol. The van der Waals surface area contributed by atoms with Crippen LogP contribution in [0.15, 0.2) is 18.2 Å². The van der Waals surface area contributed by atoms with Gasteiger partial charge in [-0.05, 0) is 69.2 Å². The zero-order valence-electron chi connectivity index (χ0n) is 18.4. The van der Waals surface area contributed by atoms with E-state index in [0.717, 1.165) is 64.7 Å². The summed E-state index contributed by atoms with van der Waals surface area (Å²) in [6.07, 6.45) is 6.32. The Balaban J connectivity index is 0.00000289. The van der Waals surface area contributed by atoms with Gasteiger partial charge < -0.3 is 10.6 Å². The predicted octanol–water partition coefficient (Wildman–Crippen LogP) is 5.06. The number of benzene rings is 1. The lowest BCUT2D eigenvalue weighted by atomic mass is 9.92. The summed E-state index contributed by atoms with van der Waals surface area (Å²) >= 11 is 7.49. The van der Waals surface area contributed by atoms with Crippen molar-refractivity contribution in [1.29, 1.82) is 0 Å². The van der Waals surface area contributed by atoms with Gasteiger partial charge in [0.05, 0.1) is 10.7 Å². The number of aromatic nitrogens is 1. The molecule has 176 valence electrons. The van der Waals surface area contributed by atoms with Crippen molar-refractivity contribution in [2.75, 3.05) is 31.9 Å². The minimum absolute atomic E-state index is 0. The molecule has 9 heteroatoms. The van der Waals surface area contributed by atoms with E-state index in [9.17, 15) is 9.18 Å². The molecule has 0 spiro atoms. The van der Waals surface area contributed by atoms with E-state index in [4.69, 9.17) is 17.3 Å². The van der Waals surface area contributed by atoms with Crippen LogP contribution in [-0.4, -0.2) is 52.9 Å². The molecule has 2 aromatic rings. The third kappa shape index (κ3) is 5.74. The molecule has 2 aliphatic rings. The molecule has 5 nitrogen and oxygen atoms in total. The number of hydrogen-bond donors (Lipinski definition) is 1. The fourth-order valence-corrected chi connectivity index (χ4v) is 5.99. The molecule has 4 rings (SSSR count). The summed E-state index contributed by atoms with van der Waals surface area (Å²) in [6.45, 7) is 5.88. The number of thiazole rings is 1. The zero-order valence-corrected chi connectivity index (χ0v) is 20.7. The number of rotatable bonds is 6. The van der Waals surface area contributed by atoms with Crippen LogP contribution >= 0.6 is 35.3 Å². The van der Waals surface area contributed by atoms with Gasteiger partial charge in [0.15, 0.2) is 5.13 Å². The third-order valence-corrected chi connectivity index (χ3v) is 7.76. The molecule has 1 aliphatic heterocycles. The summed E-state index contributed by atoms with van der Waals surface area (Å²) in [5, 5.41) is 0.682. The molecular formula is C23H31Cl2FN4OS. The Hall–Kier alpha value is -1.41. The molecule has 0 saturated carbocycles. The number of piperidine rings is 1. The number of hydrogen-bond acceptors (Lipinski definition) is 5. The Kier molecular flexibility index (Phi) is 8.78. The molecule has 1 atom stereocenters. The molecule has 32 heavy (non-hydrogen) atoms. The van der Waals surface area contributed by atoms with E-state index in [1.54, 1.807) is 11.3 Å².